The molecule has 0 saturated heterocycles. The highest BCUT2D eigenvalue weighted by molar-refractivity contribution is 8.02. The van der Waals surface area contributed by atoms with Gasteiger partial charge in [0, 0.05) is 22.2 Å². The molecule has 0 atom stereocenters. The summed E-state index contributed by atoms with van der Waals surface area (Å²) in [7, 11) is 0. The minimum atomic E-state index is -0.732. The molecule has 74 valence electrons. The Labute approximate surface area is 91.0 Å². The maximum absolute atomic E-state index is 12.8. The number of halogens is 2. The number of allylic oxidation sites excluding steroid dienone is 1. The largest absolute Gasteiger partial charge is 0.292 e. The van der Waals surface area contributed by atoms with Crippen molar-refractivity contribution in [1.29, 1.82) is 0 Å². The summed E-state index contributed by atoms with van der Waals surface area (Å²) in [4.78, 5) is 11.4. The van der Waals surface area contributed by atoms with Crippen LogP contribution < -0.4 is 0 Å². The molecule has 0 amide bonds. The third kappa shape index (κ3) is 3.52. The summed E-state index contributed by atoms with van der Waals surface area (Å²) in [5, 5.41) is 1.82. The van der Waals surface area contributed by atoms with Crippen molar-refractivity contribution in [3.63, 3.8) is 0 Å². The van der Waals surface area contributed by atoms with Gasteiger partial charge in [-0.15, -0.1) is 0 Å². The quantitative estimate of drug-likeness (QED) is 0.580. The molecule has 0 bridgehead atoms. The van der Waals surface area contributed by atoms with Gasteiger partial charge in [-0.3, -0.25) is 4.79 Å². The Morgan fingerprint density at radius 3 is 2.50 bits per heavy atom. The van der Waals surface area contributed by atoms with E-state index in [4.69, 9.17) is 11.6 Å². The van der Waals surface area contributed by atoms with Crippen LogP contribution in [0, 0.1) is 0 Å². The second kappa shape index (κ2) is 5.17. The van der Waals surface area contributed by atoms with Gasteiger partial charge in [-0.25, -0.2) is 4.39 Å². The number of benzene rings is 1. The lowest BCUT2D eigenvalue weighted by Crippen LogP contribution is -1.87. The molecule has 4 heteroatoms. The van der Waals surface area contributed by atoms with Crippen LogP contribution >= 0.6 is 23.4 Å². The first-order valence-corrected chi connectivity index (χ1v) is 5.14. The second-order valence-corrected chi connectivity index (χ2v) is 3.97. The van der Waals surface area contributed by atoms with Crippen LogP contribution in [0.3, 0.4) is 0 Å². The molecular formula is C10H8ClFOS. The zero-order valence-corrected chi connectivity index (χ0v) is 9.03. The van der Waals surface area contributed by atoms with E-state index >= 15 is 0 Å². The van der Waals surface area contributed by atoms with Crippen LogP contribution in [0.1, 0.15) is 6.92 Å². The zero-order chi connectivity index (χ0) is 10.6. The van der Waals surface area contributed by atoms with Crippen molar-refractivity contribution < 1.29 is 9.18 Å². The fourth-order valence-electron chi connectivity index (χ4n) is 0.716. The number of hydrogen-bond acceptors (Lipinski definition) is 2. The lowest BCUT2D eigenvalue weighted by atomic mass is 10.4. The SMILES string of the molecule is CC(=O)/C(F)=C/Sc1ccc(Cl)cc1. The number of thioether (sulfide) groups is 1. The lowest BCUT2D eigenvalue weighted by Gasteiger charge is -1.95. The van der Waals surface area contributed by atoms with Gasteiger partial charge in [-0.1, -0.05) is 23.4 Å². The molecule has 0 aliphatic heterocycles. The van der Waals surface area contributed by atoms with Crippen molar-refractivity contribution in [2.75, 3.05) is 0 Å². The minimum Gasteiger partial charge on any atom is -0.292 e. The summed E-state index contributed by atoms with van der Waals surface area (Å²) in [5.74, 6) is -1.29. The van der Waals surface area contributed by atoms with Crippen LogP contribution in [0.15, 0.2) is 40.4 Å². The fourth-order valence-corrected chi connectivity index (χ4v) is 1.54. The van der Waals surface area contributed by atoms with Crippen LogP contribution in [0.4, 0.5) is 4.39 Å². The second-order valence-electron chi connectivity index (χ2n) is 2.59. The summed E-state index contributed by atoms with van der Waals surface area (Å²) in [6.07, 6.45) is 0. The molecule has 0 spiro atoms. The lowest BCUT2D eigenvalue weighted by molar-refractivity contribution is -0.114. The molecule has 0 aromatic heterocycles. The van der Waals surface area contributed by atoms with Crippen molar-refractivity contribution in [2.24, 2.45) is 0 Å². The monoisotopic (exact) mass is 230 g/mol. The summed E-state index contributed by atoms with van der Waals surface area (Å²) >= 11 is 6.82. The first-order valence-electron chi connectivity index (χ1n) is 3.88. The predicted octanol–water partition coefficient (Wildman–Crippen LogP) is 3.83. The molecule has 0 saturated carbocycles. The fraction of sp³-hybridized carbons (Fsp3) is 0.100. The van der Waals surface area contributed by atoms with Crippen LogP contribution in [0.25, 0.3) is 0 Å². The summed E-state index contributed by atoms with van der Waals surface area (Å²) in [6, 6.07) is 6.95. The Morgan fingerprint density at radius 2 is 2.00 bits per heavy atom. The maximum Gasteiger partial charge on any atom is 0.188 e. The average molecular weight is 231 g/mol. The standard InChI is InChI=1S/C10H8ClFOS/c1-7(13)10(12)6-14-9-4-2-8(11)3-5-9/h2-6H,1H3/b10-6-. The molecule has 0 unspecified atom stereocenters. The van der Waals surface area contributed by atoms with Crippen LogP contribution in [0.2, 0.25) is 5.02 Å². The van der Waals surface area contributed by atoms with Crippen LogP contribution in [-0.4, -0.2) is 5.78 Å². The number of hydrogen-bond donors (Lipinski definition) is 0. The number of carbonyl (C=O) groups is 1. The van der Waals surface area contributed by atoms with E-state index in [1.165, 1.54) is 12.3 Å². The van der Waals surface area contributed by atoms with E-state index in [-0.39, 0.29) is 0 Å². The van der Waals surface area contributed by atoms with Gasteiger partial charge < -0.3 is 0 Å². The third-order valence-electron chi connectivity index (χ3n) is 1.45. The molecular weight excluding hydrogens is 223 g/mol. The maximum atomic E-state index is 12.8. The summed E-state index contributed by atoms with van der Waals surface area (Å²) in [5.41, 5.74) is 0. The van der Waals surface area contributed by atoms with E-state index in [2.05, 4.69) is 0 Å². The third-order valence-corrected chi connectivity index (χ3v) is 2.57. The topological polar surface area (TPSA) is 17.1 Å². The highest BCUT2D eigenvalue weighted by atomic mass is 35.5. The van der Waals surface area contributed by atoms with E-state index < -0.39 is 11.6 Å². The highest BCUT2D eigenvalue weighted by Crippen LogP contribution is 2.22. The van der Waals surface area contributed by atoms with Gasteiger partial charge in [0.2, 0.25) is 0 Å². The zero-order valence-electron chi connectivity index (χ0n) is 7.46. The molecule has 0 heterocycles. The number of Topliss-reactive ketones (excluding diaryl/α,β-unsaturated/α-hetero) is 1. The highest BCUT2D eigenvalue weighted by Gasteiger charge is 2.00. The Bertz CT molecular complexity index is 359. The van der Waals surface area contributed by atoms with Gasteiger partial charge >= 0.3 is 0 Å². The van der Waals surface area contributed by atoms with E-state index in [9.17, 15) is 9.18 Å². The Kier molecular flexibility index (Phi) is 4.17. The number of ketones is 1. The van der Waals surface area contributed by atoms with Gasteiger partial charge in [0.15, 0.2) is 11.6 Å². The van der Waals surface area contributed by atoms with E-state index in [1.807, 2.05) is 0 Å². The molecule has 14 heavy (non-hydrogen) atoms. The van der Waals surface area contributed by atoms with Crippen molar-refractivity contribution >= 4 is 29.1 Å². The van der Waals surface area contributed by atoms with Crippen LogP contribution in [0.5, 0.6) is 0 Å². The van der Waals surface area contributed by atoms with Crippen molar-refractivity contribution in [3.05, 3.63) is 40.5 Å². The molecule has 1 aromatic carbocycles. The van der Waals surface area contributed by atoms with Gasteiger partial charge in [-0.2, -0.15) is 0 Å². The Hall–Kier alpha value is -0.800. The van der Waals surface area contributed by atoms with Gasteiger partial charge in [0.1, 0.15) is 0 Å². The molecule has 0 aliphatic carbocycles. The first-order chi connectivity index (χ1) is 6.59. The van der Waals surface area contributed by atoms with E-state index in [0.29, 0.717) is 5.02 Å². The molecule has 0 aliphatic rings. The molecule has 0 fully saturated rings. The predicted molar refractivity (Wildman–Crippen MR) is 57.2 cm³/mol. The molecule has 1 rings (SSSR count). The molecule has 0 N–H and O–H groups in total. The average Bonchev–Trinajstić information content (AvgIpc) is 2.16. The molecule has 1 aromatic rings. The van der Waals surface area contributed by atoms with E-state index in [0.717, 1.165) is 16.7 Å². The summed E-state index contributed by atoms with van der Waals surface area (Å²) in [6.45, 7) is 1.19. The van der Waals surface area contributed by atoms with Gasteiger partial charge in [0.05, 0.1) is 0 Å². The minimum absolute atomic E-state index is 0.563. The van der Waals surface area contributed by atoms with Gasteiger partial charge in [-0.05, 0) is 24.3 Å². The normalized spacial score (nSPS) is 11.5. The first kappa shape index (κ1) is 11.3. The van der Waals surface area contributed by atoms with Crippen molar-refractivity contribution in [2.45, 2.75) is 11.8 Å². The van der Waals surface area contributed by atoms with E-state index in [1.54, 1.807) is 24.3 Å². The van der Waals surface area contributed by atoms with Crippen molar-refractivity contribution in [1.82, 2.24) is 0 Å². The molecule has 1 nitrogen and oxygen atoms in total. The number of rotatable bonds is 3. The smallest absolute Gasteiger partial charge is 0.188 e. The molecule has 0 radical (unpaired) electrons. The Balaban J connectivity index is 2.66. The van der Waals surface area contributed by atoms with Gasteiger partial charge in [0.25, 0.3) is 0 Å². The summed E-state index contributed by atoms with van der Waals surface area (Å²) < 4.78 is 12.8. The van der Waals surface area contributed by atoms with Crippen molar-refractivity contribution in [3.8, 4) is 0 Å². The number of carbonyl (C=O) groups excluding carboxylic acids is 1. The van der Waals surface area contributed by atoms with Crippen LogP contribution in [-0.2, 0) is 4.79 Å². The Morgan fingerprint density at radius 1 is 1.43 bits per heavy atom.